The van der Waals surface area contributed by atoms with Crippen LogP contribution >= 0.6 is 0 Å². The van der Waals surface area contributed by atoms with E-state index in [1.54, 1.807) is 51.7 Å². The lowest BCUT2D eigenvalue weighted by Gasteiger charge is -2.07. The van der Waals surface area contributed by atoms with Gasteiger partial charge in [0, 0.05) is 17.2 Å². The molecule has 0 atom stereocenters. The summed E-state index contributed by atoms with van der Waals surface area (Å²) < 4.78 is 21.0. The molecule has 0 bridgehead atoms. The summed E-state index contributed by atoms with van der Waals surface area (Å²) in [4.78, 5) is 16.4. The average Bonchev–Trinajstić information content (AvgIpc) is 3.08. The zero-order valence-electron chi connectivity index (χ0n) is 15.3. The Morgan fingerprint density at radius 2 is 1.67 bits per heavy atom. The SMILES string of the molecule is COc1cc(OC)cc(C2=N/C(=C\C=C\c3ccccc3OC)C(=O)O2)c1. The van der Waals surface area contributed by atoms with Gasteiger partial charge in [-0.05, 0) is 24.3 Å². The molecule has 0 saturated heterocycles. The van der Waals surface area contributed by atoms with E-state index in [9.17, 15) is 4.79 Å². The number of carbonyl (C=O) groups excluding carboxylic acids is 1. The van der Waals surface area contributed by atoms with Crippen LogP contribution < -0.4 is 14.2 Å². The summed E-state index contributed by atoms with van der Waals surface area (Å²) in [6.07, 6.45) is 5.16. The van der Waals surface area contributed by atoms with E-state index in [-0.39, 0.29) is 11.6 Å². The molecule has 1 heterocycles. The molecule has 1 aliphatic rings. The van der Waals surface area contributed by atoms with Gasteiger partial charge in [0.2, 0.25) is 5.90 Å². The van der Waals surface area contributed by atoms with Gasteiger partial charge >= 0.3 is 5.97 Å². The molecule has 6 heteroatoms. The van der Waals surface area contributed by atoms with Crippen molar-refractivity contribution in [3.63, 3.8) is 0 Å². The molecule has 27 heavy (non-hydrogen) atoms. The van der Waals surface area contributed by atoms with Gasteiger partial charge in [0.1, 0.15) is 17.2 Å². The highest BCUT2D eigenvalue weighted by molar-refractivity contribution is 6.11. The topological polar surface area (TPSA) is 66.3 Å². The van der Waals surface area contributed by atoms with Crippen LogP contribution in [0.25, 0.3) is 6.08 Å². The second-order valence-electron chi connectivity index (χ2n) is 5.56. The van der Waals surface area contributed by atoms with Crippen molar-refractivity contribution >= 4 is 17.9 Å². The average molecular weight is 365 g/mol. The summed E-state index contributed by atoms with van der Waals surface area (Å²) in [5, 5.41) is 0. The number of allylic oxidation sites excluding steroid dienone is 2. The van der Waals surface area contributed by atoms with E-state index in [0.29, 0.717) is 17.1 Å². The van der Waals surface area contributed by atoms with Gasteiger partial charge in [0.05, 0.1) is 21.3 Å². The molecular formula is C21H19NO5. The van der Waals surface area contributed by atoms with Crippen LogP contribution in [0.2, 0.25) is 0 Å². The van der Waals surface area contributed by atoms with Crippen molar-refractivity contribution in [1.29, 1.82) is 0 Å². The highest BCUT2D eigenvalue weighted by atomic mass is 16.6. The third-order valence-electron chi connectivity index (χ3n) is 3.89. The maximum absolute atomic E-state index is 12.1. The van der Waals surface area contributed by atoms with Crippen molar-refractivity contribution in [1.82, 2.24) is 0 Å². The highest BCUT2D eigenvalue weighted by Crippen LogP contribution is 2.26. The minimum absolute atomic E-state index is 0.203. The van der Waals surface area contributed by atoms with Gasteiger partial charge in [0.25, 0.3) is 0 Å². The second-order valence-corrected chi connectivity index (χ2v) is 5.56. The number of aliphatic imine (C=N–C) groups is 1. The number of esters is 1. The second kappa shape index (κ2) is 8.23. The molecule has 0 fully saturated rings. The zero-order chi connectivity index (χ0) is 19.2. The third-order valence-corrected chi connectivity index (χ3v) is 3.89. The maximum Gasteiger partial charge on any atom is 0.363 e. The number of benzene rings is 2. The summed E-state index contributed by atoms with van der Waals surface area (Å²) in [6.45, 7) is 0. The number of cyclic esters (lactones) is 1. The lowest BCUT2D eigenvalue weighted by atomic mass is 10.2. The standard InChI is InChI=1S/C21H19NO5/c1-24-16-11-15(12-17(13-16)25-2)20-22-18(21(23)27-20)9-6-8-14-7-4-5-10-19(14)26-3/h4-13H,1-3H3/b8-6+,18-9-. The number of rotatable bonds is 6. The normalized spacial score (nSPS) is 15.0. The highest BCUT2D eigenvalue weighted by Gasteiger charge is 2.24. The first-order valence-corrected chi connectivity index (χ1v) is 8.20. The summed E-state index contributed by atoms with van der Waals surface area (Å²) in [5.74, 6) is 1.59. The fraction of sp³-hybridized carbons (Fsp3) is 0.143. The Hall–Kier alpha value is -3.54. The molecule has 1 aliphatic heterocycles. The predicted molar refractivity (Wildman–Crippen MR) is 102 cm³/mol. The fourth-order valence-corrected chi connectivity index (χ4v) is 2.52. The monoisotopic (exact) mass is 365 g/mol. The van der Waals surface area contributed by atoms with Gasteiger partial charge < -0.3 is 18.9 Å². The van der Waals surface area contributed by atoms with Crippen molar-refractivity contribution < 1.29 is 23.7 Å². The largest absolute Gasteiger partial charge is 0.497 e. The van der Waals surface area contributed by atoms with Crippen LogP contribution in [0.1, 0.15) is 11.1 Å². The Bertz CT molecular complexity index is 921. The Morgan fingerprint density at radius 3 is 2.33 bits per heavy atom. The van der Waals surface area contributed by atoms with E-state index < -0.39 is 5.97 Å². The molecule has 3 rings (SSSR count). The molecule has 0 amide bonds. The third kappa shape index (κ3) is 4.17. The first kappa shape index (κ1) is 18.3. The van der Waals surface area contributed by atoms with E-state index in [1.165, 1.54) is 0 Å². The number of nitrogens with zero attached hydrogens (tertiary/aromatic N) is 1. The molecule has 0 aromatic heterocycles. The van der Waals surface area contributed by atoms with Gasteiger partial charge in [0.15, 0.2) is 5.70 Å². The van der Waals surface area contributed by atoms with Gasteiger partial charge in [-0.3, -0.25) is 0 Å². The van der Waals surface area contributed by atoms with E-state index >= 15 is 0 Å². The molecule has 0 N–H and O–H groups in total. The van der Waals surface area contributed by atoms with E-state index in [1.807, 2.05) is 30.3 Å². The molecular weight excluding hydrogens is 346 g/mol. The van der Waals surface area contributed by atoms with Crippen LogP contribution in [-0.2, 0) is 9.53 Å². The van der Waals surface area contributed by atoms with Crippen LogP contribution in [0.15, 0.2) is 65.3 Å². The zero-order valence-corrected chi connectivity index (χ0v) is 15.3. The minimum atomic E-state index is -0.517. The van der Waals surface area contributed by atoms with Gasteiger partial charge in [-0.2, -0.15) is 0 Å². The molecule has 0 saturated carbocycles. The number of carbonyl (C=O) groups is 1. The molecule has 138 valence electrons. The van der Waals surface area contributed by atoms with Crippen LogP contribution in [-0.4, -0.2) is 33.2 Å². The van der Waals surface area contributed by atoms with Crippen LogP contribution in [0.5, 0.6) is 17.2 Å². The number of ether oxygens (including phenoxy) is 4. The molecule has 0 radical (unpaired) electrons. The first-order chi connectivity index (χ1) is 13.1. The minimum Gasteiger partial charge on any atom is -0.497 e. The summed E-state index contributed by atoms with van der Waals surface area (Å²) >= 11 is 0. The maximum atomic E-state index is 12.1. The quantitative estimate of drug-likeness (QED) is 0.578. The lowest BCUT2D eigenvalue weighted by molar-refractivity contribution is -0.130. The molecule has 6 nitrogen and oxygen atoms in total. The fourth-order valence-electron chi connectivity index (χ4n) is 2.52. The van der Waals surface area contributed by atoms with Crippen molar-refractivity contribution in [3.05, 3.63) is 71.4 Å². The Labute approximate surface area is 157 Å². The van der Waals surface area contributed by atoms with E-state index in [0.717, 1.165) is 11.3 Å². The molecule has 2 aromatic carbocycles. The first-order valence-electron chi connectivity index (χ1n) is 8.20. The summed E-state index contributed by atoms with van der Waals surface area (Å²) in [5.41, 5.74) is 1.69. The molecule has 0 spiro atoms. The smallest absolute Gasteiger partial charge is 0.363 e. The van der Waals surface area contributed by atoms with Gasteiger partial charge in [-0.1, -0.05) is 30.4 Å². The molecule has 0 unspecified atom stereocenters. The Morgan fingerprint density at radius 1 is 0.963 bits per heavy atom. The molecule has 2 aromatic rings. The van der Waals surface area contributed by atoms with Crippen molar-refractivity contribution in [2.24, 2.45) is 4.99 Å². The van der Waals surface area contributed by atoms with Crippen LogP contribution in [0.3, 0.4) is 0 Å². The predicted octanol–water partition coefficient (Wildman–Crippen LogP) is 3.61. The summed E-state index contributed by atoms with van der Waals surface area (Å²) in [7, 11) is 4.71. The number of methoxy groups -OCH3 is 3. The Kier molecular flexibility index (Phi) is 5.56. The molecule has 0 aliphatic carbocycles. The Balaban J connectivity index is 1.86. The lowest BCUT2D eigenvalue weighted by Crippen LogP contribution is -2.06. The van der Waals surface area contributed by atoms with Crippen molar-refractivity contribution in [3.8, 4) is 17.2 Å². The van der Waals surface area contributed by atoms with Gasteiger partial charge in [-0.25, -0.2) is 9.79 Å². The van der Waals surface area contributed by atoms with Gasteiger partial charge in [-0.15, -0.1) is 0 Å². The van der Waals surface area contributed by atoms with E-state index in [2.05, 4.69) is 4.99 Å². The van der Waals surface area contributed by atoms with E-state index in [4.69, 9.17) is 18.9 Å². The van der Waals surface area contributed by atoms with Crippen molar-refractivity contribution in [2.45, 2.75) is 0 Å². The summed E-state index contributed by atoms with van der Waals surface area (Å²) in [6, 6.07) is 12.8. The van der Waals surface area contributed by atoms with Crippen LogP contribution in [0.4, 0.5) is 0 Å². The van der Waals surface area contributed by atoms with Crippen molar-refractivity contribution in [2.75, 3.05) is 21.3 Å². The van der Waals surface area contributed by atoms with Crippen LogP contribution in [0, 0.1) is 0 Å². The number of para-hydroxylation sites is 1. The number of hydrogen-bond acceptors (Lipinski definition) is 6. The number of hydrogen-bond donors (Lipinski definition) is 0.